The molecule has 2 aromatic rings. The maximum absolute atomic E-state index is 10.8. The van der Waals surface area contributed by atoms with Crippen molar-refractivity contribution in [2.24, 2.45) is 0 Å². The predicted octanol–water partition coefficient (Wildman–Crippen LogP) is 5.99. The molecule has 0 unspecified atom stereocenters. The van der Waals surface area contributed by atoms with Crippen LogP contribution in [0.1, 0.15) is 80.0 Å². The summed E-state index contributed by atoms with van der Waals surface area (Å²) in [5.41, 5.74) is -0.630. The largest absolute Gasteiger partial charge is 0.872 e. The molecule has 0 aliphatic carbocycles. The van der Waals surface area contributed by atoms with Crippen molar-refractivity contribution in [3.8, 4) is 23.0 Å². The number of unbranched alkanes of at least 4 members (excludes halogenated alkanes) is 3. The molecular formula is C27H41O8P. The SMILES string of the molecule is CCCC[P+](C)(CCCC)CCCC.O=C(O)c1cc([O-])cc(C(=O)O)c1.Oc1cc(O)cc(O)c1. The van der Waals surface area contributed by atoms with Gasteiger partial charge in [0.1, 0.15) is 17.2 Å². The summed E-state index contributed by atoms with van der Waals surface area (Å²) in [6.45, 7) is 9.59. The lowest BCUT2D eigenvalue weighted by atomic mass is 10.1. The molecule has 0 aliphatic rings. The summed E-state index contributed by atoms with van der Waals surface area (Å²) >= 11 is 0. The number of phenols is 3. The van der Waals surface area contributed by atoms with Crippen molar-refractivity contribution >= 4 is 19.2 Å². The normalized spacial score (nSPS) is 10.4. The van der Waals surface area contributed by atoms with E-state index >= 15 is 0 Å². The molecule has 9 heteroatoms. The molecule has 0 spiro atoms. The highest BCUT2D eigenvalue weighted by Crippen LogP contribution is 2.57. The molecule has 0 heterocycles. The highest BCUT2D eigenvalue weighted by molar-refractivity contribution is 7.75. The molecule has 8 nitrogen and oxygen atoms in total. The Morgan fingerprint density at radius 1 is 0.667 bits per heavy atom. The maximum Gasteiger partial charge on any atom is 0.335 e. The van der Waals surface area contributed by atoms with Gasteiger partial charge in [0.05, 0.1) is 29.6 Å². The van der Waals surface area contributed by atoms with E-state index in [4.69, 9.17) is 25.5 Å². The van der Waals surface area contributed by atoms with Gasteiger partial charge in [-0.3, -0.25) is 0 Å². The summed E-state index contributed by atoms with van der Waals surface area (Å²) in [6.07, 6.45) is 13.2. The molecule has 202 valence electrons. The average Bonchev–Trinajstić information content (AvgIpc) is 2.80. The van der Waals surface area contributed by atoms with Gasteiger partial charge in [0.15, 0.2) is 0 Å². The van der Waals surface area contributed by atoms with Crippen LogP contribution < -0.4 is 5.11 Å². The lowest BCUT2D eigenvalue weighted by Crippen LogP contribution is -2.07. The summed E-state index contributed by atoms with van der Waals surface area (Å²) in [5, 5.41) is 53.8. The first-order valence-corrected chi connectivity index (χ1v) is 15.0. The third-order valence-electron chi connectivity index (χ3n) is 5.44. The van der Waals surface area contributed by atoms with Gasteiger partial charge in [0.25, 0.3) is 0 Å². The first-order chi connectivity index (χ1) is 16.9. The van der Waals surface area contributed by atoms with Gasteiger partial charge in [0.2, 0.25) is 0 Å². The second-order valence-electron chi connectivity index (χ2n) is 8.91. The Bertz CT molecular complexity index is 841. The quantitative estimate of drug-likeness (QED) is 0.224. The van der Waals surface area contributed by atoms with Crippen molar-refractivity contribution in [2.75, 3.05) is 25.2 Å². The number of carboxylic acids is 2. The topological polar surface area (TPSA) is 158 Å². The number of carbonyl (C=O) groups is 2. The van der Waals surface area contributed by atoms with Gasteiger partial charge in [-0.15, -0.1) is 5.75 Å². The van der Waals surface area contributed by atoms with Gasteiger partial charge < -0.3 is 30.6 Å². The first kappa shape index (κ1) is 33.0. The smallest absolute Gasteiger partial charge is 0.335 e. The molecule has 0 amide bonds. The van der Waals surface area contributed by atoms with E-state index in [0.29, 0.717) is 0 Å². The Morgan fingerprint density at radius 3 is 1.22 bits per heavy atom. The zero-order valence-corrected chi connectivity index (χ0v) is 22.6. The van der Waals surface area contributed by atoms with Crippen molar-refractivity contribution < 1.29 is 40.2 Å². The molecule has 5 N–H and O–H groups in total. The molecule has 0 aliphatic heterocycles. The van der Waals surface area contributed by atoms with Gasteiger partial charge in [-0.1, -0.05) is 52.2 Å². The van der Waals surface area contributed by atoms with Gasteiger partial charge in [-0.2, -0.15) is 0 Å². The van der Waals surface area contributed by atoms with Crippen molar-refractivity contribution in [1.82, 2.24) is 0 Å². The van der Waals surface area contributed by atoms with E-state index in [1.807, 2.05) is 0 Å². The summed E-state index contributed by atoms with van der Waals surface area (Å²) < 4.78 is 0. The molecule has 2 rings (SSSR count). The van der Waals surface area contributed by atoms with Crippen LogP contribution >= 0.6 is 7.26 Å². The van der Waals surface area contributed by atoms with Crippen LogP contribution in [0, 0.1) is 0 Å². The third kappa shape index (κ3) is 14.4. The van der Waals surface area contributed by atoms with Gasteiger partial charge in [-0.25, -0.2) is 9.59 Å². The highest BCUT2D eigenvalue weighted by atomic mass is 31.2. The van der Waals surface area contributed by atoms with E-state index in [2.05, 4.69) is 27.4 Å². The number of carboxylic acid groups (broad SMARTS) is 2. The zero-order valence-electron chi connectivity index (χ0n) is 21.7. The van der Waals surface area contributed by atoms with Crippen LogP contribution in [0.4, 0.5) is 0 Å². The summed E-state index contributed by atoms with van der Waals surface area (Å²) in [5.74, 6) is -3.70. The molecule has 0 aromatic heterocycles. The van der Waals surface area contributed by atoms with Crippen molar-refractivity contribution in [3.05, 3.63) is 47.5 Å². The average molecular weight is 525 g/mol. The zero-order chi connectivity index (χ0) is 27.7. The van der Waals surface area contributed by atoms with E-state index in [0.717, 1.165) is 36.4 Å². The molecule has 0 radical (unpaired) electrons. The van der Waals surface area contributed by atoms with E-state index in [-0.39, 0.29) is 28.4 Å². The van der Waals surface area contributed by atoms with Crippen LogP contribution in [-0.4, -0.2) is 62.6 Å². The van der Waals surface area contributed by atoms with Gasteiger partial charge >= 0.3 is 11.9 Å². The number of hydrogen-bond acceptors (Lipinski definition) is 6. The fourth-order valence-corrected chi connectivity index (χ4v) is 7.29. The van der Waals surface area contributed by atoms with E-state index in [9.17, 15) is 14.7 Å². The molecule has 0 saturated carbocycles. The number of phenolic OH excluding ortho intramolecular Hbond substituents is 3. The molecule has 0 bridgehead atoms. The number of benzene rings is 2. The molecule has 36 heavy (non-hydrogen) atoms. The number of aromatic hydroxyl groups is 3. The minimum absolute atomic E-state index is 0.146. The monoisotopic (exact) mass is 524 g/mol. The minimum atomic E-state index is -1.32. The Morgan fingerprint density at radius 2 is 0.972 bits per heavy atom. The van der Waals surface area contributed by atoms with Crippen LogP contribution in [-0.2, 0) is 0 Å². The lowest BCUT2D eigenvalue weighted by molar-refractivity contribution is -0.268. The van der Waals surface area contributed by atoms with E-state index in [1.54, 1.807) is 18.5 Å². The van der Waals surface area contributed by atoms with E-state index < -0.39 is 25.0 Å². The molecule has 0 fully saturated rings. The molecule has 0 atom stereocenters. The Balaban J connectivity index is 0.000000521. The summed E-state index contributed by atoms with van der Waals surface area (Å²) in [7, 11) is -0.519. The third-order valence-corrected chi connectivity index (χ3v) is 9.63. The number of aromatic carboxylic acids is 2. The molecule has 2 aromatic carbocycles. The van der Waals surface area contributed by atoms with Crippen LogP contribution in [0.2, 0.25) is 0 Å². The fraction of sp³-hybridized carbons (Fsp3) is 0.481. The minimum Gasteiger partial charge on any atom is -0.872 e. The van der Waals surface area contributed by atoms with Crippen LogP contribution in [0.15, 0.2) is 36.4 Å². The van der Waals surface area contributed by atoms with Crippen molar-refractivity contribution in [1.29, 1.82) is 0 Å². The van der Waals surface area contributed by atoms with Gasteiger partial charge in [-0.05, 0) is 25.3 Å². The highest BCUT2D eigenvalue weighted by Gasteiger charge is 2.28. The molecular weight excluding hydrogens is 483 g/mol. The summed E-state index contributed by atoms with van der Waals surface area (Å²) in [4.78, 5) is 20.8. The van der Waals surface area contributed by atoms with Crippen LogP contribution in [0.3, 0.4) is 0 Å². The Kier molecular flexibility index (Phi) is 16.0. The predicted molar refractivity (Wildman–Crippen MR) is 143 cm³/mol. The van der Waals surface area contributed by atoms with Crippen molar-refractivity contribution in [3.63, 3.8) is 0 Å². The lowest BCUT2D eigenvalue weighted by Gasteiger charge is -2.22. The first-order valence-electron chi connectivity index (χ1n) is 12.2. The van der Waals surface area contributed by atoms with Crippen LogP contribution in [0.25, 0.3) is 0 Å². The Hall–Kier alpha value is -2.99. The van der Waals surface area contributed by atoms with E-state index in [1.165, 1.54) is 38.5 Å². The standard InChI is InChI=1S/C13H30P.C8H6O5.C6H6O3/c1-5-8-11-14(4,12-9-6-2)13-10-7-3;9-6-2-4(7(10)11)1-5(3-6)8(12)13;7-4-1-5(8)3-6(9)2-4/h5-13H2,1-4H3;1-3,9H,(H,10,11)(H,12,13);1-3,7-9H/q+1;;/p-1. The number of hydrogen-bond donors (Lipinski definition) is 5. The molecule has 0 saturated heterocycles. The van der Waals surface area contributed by atoms with Crippen LogP contribution in [0.5, 0.6) is 23.0 Å². The Labute approximate surface area is 214 Å². The second kappa shape index (κ2) is 17.4. The maximum atomic E-state index is 10.8. The number of rotatable bonds is 11. The summed E-state index contributed by atoms with van der Waals surface area (Å²) in [6, 6.07) is 6.09. The van der Waals surface area contributed by atoms with Gasteiger partial charge in [0, 0.05) is 32.1 Å². The fourth-order valence-electron chi connectivity index (χ4n) is 3.38. The van der Waals surface area contributed by atoms with Crippen molar-refractivity contribution in [2.45, 2.75) is 59.3 Å². The second-order valence-corrected chi connectivity index (χ2v) is 13.5.